The van der Waals surface area contributed by atoms with Crippen LogP contribution in [-0.2, 0) is 13.1 Å². The molecule has 1 amide bonds. The second-order valence-electron chi connectivity index (χ2n) is 8.21. The van der Waals surface area contributed by atoms with Gasteiger partial charge in [-0.2, -0.15) is 0 Å². The first-order valence-electron chi connectivity index (χ1n) is 11.0. The fraction of sp³-hybridized carbons (Fsp3) is 0.346. The van der Waals surface area contributed by atoms with Crippen LogP contribution in [0.3, 0.4) is 0 Å². The normalized spacial score (nSPS) is 14.4. The van der Waals surface area contributed by atoms with E-state index in [2.05, 4.69) is 16.7 Å². The van der Waals surface area contributed by atoms with E-state index in [-0.39, 0.29) is 17.8 Å². The molecular weight excluding hydrogens is 391 g/mol. The van der Waals surface area contributed by atoms with E-state index in [9.17, 15) is 9.18 Å². The molecule has 0 aliphatic heterocycles. The van der Waals surface area contributed by atoms with E-state index in [4.69, 9.17) is 4.74 Å². The van der Waals surface area contributed by atoms with Gasteiger partial charge in [0.2, 0.25) is 0 Å². The highest BCUT2D eigenvalue weighted by Crippen LogP contribution is 2.26. The fourth-order valence-corrected chi connectivity index (χ4v) is 4.44. The van der Waals surface area contributed by atoms with Crippen LogP contribution in [-0.4, -0.2) is 28.5 Å². The number of halogens is 1. The highest BCUT2D eigenvalue weighted by atomic mass is 19.1. The molecule has 0 N–H and O–H groups in total. The Balaban J connectivity index is 1.58. The van der Waals surface area contributed by atoms with Crippen molar-refractivity contribution >= 4 is 5.91 Å². The standard InChI is InChI=1S/C26H29FN2O2/c1-31-25-14-5-8-20(16-25)18-28-15-7-13-24(28)19-29(23-11-3-2-4-12-23)26(30)21-9-6-10-22(27)17-21/h5-10,13-17,23H,2-4,11-12,18-19H2,1H3. The quantitative estimate of drug-likeness (QED) is 0.494. The third-order valence-electron chi connectivity index (χ3n) is 6.09. The Kier molecular flexibility index (Phi) is 6.70. The van der Waals surface area contributed by atoms with E-state index in [0.717, 1.165) is 42.7 Å². The topological polar surface area (TPSA) is 34.5 Å². The molecule has 1 aromatic heterocycles. The SMILES string of the molecule is COc1cccc(Cn2cccc2CN(C(=O)c2cccc(F)c2)C2CCCCC2)c1. The van der Waals surface area contributed by atoms with Crippen molar-refractivity contribution in [1.29, 1.82) is 0 Å². The van der Waals surface area contributed by atoms with Crippen LogP contribution in [0.4, 0.5) is 4.39 Å². The van der Waals surface area contributed by atoms with Crippen LogP contribution in [0.5, 0.6) is 5.75 Å². The van der Waals surface area contributed by atoms with Crippen molar-refractivity contribution in [2.24, 2.45) is 0 Å². The number of nitrogens with zero attached hydrogens (tertiary/aromatic N) is 2. The zero-order chi connectivity index (χ0) is 21.6. The third-order valence-corrected chi connectivity index (χ3v) is 6.09. The lowest BCUT2D eigenvalue weighted by Crippen LogP contribution is -2.41. The summed E-state index contributed by atoms with van der Waals surface area (Å²) in [5.74, 6) is 0.354. The second kappa shape index (κ2) is 9.82. The maximum Gasteiger partial charge on any atom is 0.254 e. The lowest BCUT2D eigenvalue weighted by molar-refractivity contribution is 0.0608. The molecule has 0 spiro atoms. The molecule has 162 valence electrons. The second-order valence-corrected chi connectivity index (χ2v) is 8.21. The molecule has 3 aromatic rings. The molecule has 4 rings (SSSR count). The van der Waals surface area contributed by atoms with Gasteiger partial charge in [-0.05, 0) is 60.9 Å². The predicted molar refractivity (Wildman–Crippen MR) is 120 cm³/mol. The van der Waals surface area contributed by atoms with Gasteiger partial charge in [0, 0.05) is 30.0 Å². The average molecular weight is 421 g/mol. The Morgan fingerprint density at radius 2 is 1.87 bits per heavy atom. The summed E-state index contributed by atoms with van der Waals surface area (Å²) in [6.07, 6.45) is 7.51. The van der Waals surface area contributed by atoms with E-state index < -0.39 is 0 Å². The number of carbonyl (C=O) groups is 1. The van der Waals surface area contributed by atoms with Gasteiger partial charge in [0.1, 0.15) is 11.6 Å². The summed E-state index contributed by atoms with van der Waals surface area (Å²) >= 11 is 0. The highest BCUT2D eigenvalue weighted by molar-refractivity contribution is 5.94. The molecular formula is C26H29FN2O2. The Bertz CT molecular complexity index is 1020. The van der Waals surface area contributed by atoms with Gasteiger partial charge in [0.25, 0.3) is 5.91 Å². The minimum absolute atomic E-state index is 0.0967. The summed E-state index contributed by atoms with van der Waals surface area (Å²) < 4.78 is 21.3. The molecule has 0 saturated heterocycles. The van der Waals surface area contributed by atoms with Gasteiger partial charge < -0.3 is 14.2 Å². The zero-order valence-corrected chi connectivity index (χ0v) is 18.0. The molecule has 1 aliphatic rings. The van der Waals surface area contributed by atoms with Gasteiger partial charge in [-0.3, -0.25) is 4.79 Å². The first kappa shape index (κ1) is 21.2. The highest BCUT2D eigenvalue weighted by Gasteiger charge is 2.27. The van der Waals surface area contributed by atoms with Crippen LogP contribution in [0.25, 0.3) is 0 Å². The van der Waals surface area contributed by atoms with Gasteiger partial charge in [-0.25, -0.2) is 4.39 Å². The first-order chi connectivity index (χ1) is 15.1. The number of hydrogen-bond acceptors (Lipinski definition) is 2. The lowest BCUT2D eigenvalue weighted by Gasteiger charge is -2.35. The van der Waals surface area contributed by atoms with Gasteiger partial charge >= 0.3 is 0 Å². The minimum Gasteiger partial charge on any atom is -0.497 e. The monoisotopic (exact) mass is 420 g/mol. The number of ether oxygens (including phenoxy) is 1. The largest absolute Gasteiger partial charge is 0.497 e. The number of hydrogen-bond donors (Lipinski definition) is 0. The van der Waals surface area contributed by atoms with Crippen molar-refractivity contribution in [1.82, 2.24) is 9.47 Å². The summed E-state index contributed by atoms with van der Waals surface area (Å²) in [6.45, 7) is 1.21. The molecule has 0 bridgehead atoms. The molecule has 1 saturated carbocycles. The minimum atomic E-state index is -0.379. The fourth-order valence-electron chi connectivity index (χ4n) is 4.44. The summed E-state index contributed by atoms with van der Waals surface area (Å²) in [5, 5.41) is 0. The molecule has 0 radical (unpaired) electrons. The first-order valence-corrected chi connectivity index (χ1v) is 11.0. The lowest BCUT2D eigenvalue weighted by atomic mass is 9.93. The molecule has 5 heteroatoms. The molecule has 0 unspecified atom stereocenters. The molecule has 4 nitrogen and oxygen atoms in total. The van der Waals surface area contributed by atoms with Crippen LogP contribution in [0, 0.1) is 5.82 Å². The zero-order valence-electron chi connectivity index (χ0n) is 18.0. The van der Waals surface area contributed by atoms with Crippen molar-refractivity contribution < 1.29 is 13.9 Å². The Labute approximate surface area is 183 Å². The van der Waals surface area contributed by atoms with Gasteiger partial charge in [-0.15, -0.1) is 0 Å². The van der Waals surface area contributed by atoms with Crippen LogP contribution in [0.15, 0.2) is 66.9 Å². The summed E-state index contributed by atoms with van der Waals surface area (Å²) in [7, 11) is 1.67. The van der Waals surface area contributed by atoms with Crippen molar-refractivity contribution in [3.05, 3.63) is 89.5 Å². The smallest absolute Gasteiger partial charge is 0.254 e. The molecule has 31 heavy (non-hydrogen) atoms. The van der Waals surface area contributed by atoms with E-state index in [0.29, 0.717) is 18.7 Å². The number of rotatable bonds is 7. The molecule has 2 aromatic carbocycles. The van der Waals surface area contributed by atoms with Crippen molar-refractivity contribution in [2.75, 3.05) is 7.11 Å². The van der Waals surface area contributed by atoms with E-state index in [1.165, 1.54) is 18.6 Å². The van der Waals surface area contributed by atoms with E-state index >= 15 is 0 Å². The number of carbonyl (C=O) groups excluding carboxylic acids is 1. The maximum atomic E-state index is 13.8. The van der Waals surface area contributed by atoms with Gasteiger partial charge in [0.05, 0.1) is 13.7 Å². The van der Waals surface area contributed by atoms with Gasteiger partial charge in [0.15, 0.2) is 0 Å². The van der Waals surface area contributed by atoms with Crippen molar-refractivity contribution in [3.8, 4) is 5.75 Å². The number of methoxy groups -OCH3 is 1. The summed E-state index contributed by atoms with van der Waals surface area (Å²) in [5.41, 5.74) is 2.62. The van der Waals surface area contributed by atoms with Crippen molar-refractivity contribution in [3.63, 3.8) is 0 Å². The summed E-state index contributed by atoms with van der Waals surface area (Å²) in [6, 6.07) is 18.3. The molecule has 1 aliphatic carbocycles. The molecule has 0 atom stereocenters. The molecule has 1 heterocycles. The van der Waals surface area contributed by atoms with Crippen LogP contribution >= 0.6 is 0 Å². The van der Waals surface area contributed by atoms with Gasteiger partial charge in [-0.1, -0.05) is 37.5 Å². The average Bonchev–Trinajstić information content (AvgIpc) is 3.24. The third kappa shape index (κ3) is 5.16. The van der Waals surface area contributed by atoms with E-state index in [1.54, 1.807) is 19.2 Å². The summed E-state index contributed by atoms with van der Waals surface area (Å²) in [4.78, 5) is 15.4. The number of benzene rings is 2. The number of amides is 1. The Morgan fingerprint density at radius 3 is 2.65 bits per heavy atom. The Hall–Kier alpha value is -3.08. The van der Waals surface area contributed by atoms with Crippen LogP contribution in [0.1, 0.15) is 53.7 Å². The predicted octanol–water partition coefficient (Wildman–Crippen LogP) is 5.66. The Morgan fingerprint density at radius 1 is 1.06 bits per heavy atom. The van der Waals surface area contributed by atoms with Crippen molar-refractivity contribution in [2.45, 2.75) is 51.2 Å². The maximum absolute atomic E-state index is 13.8. The number of aromatic nitrogens is 1. The van der Waals surface area contributed by atoms with E-state index in [1.807, 2.05) is 35.4 Å². The molecule has 1 fully saturated rings. The van der Waals surface area contributed by atoms with Crippen LogP contribution in [0.2, 0.25) is 0 Å². The van der Waals surface area contributed by atoms with Crippen LogP contribution < -0.4 is 4.74 Å².